The zero-order chi connectivity index (χ0) is 14.0. The molecule has 2 rings (SSSR count). The second kappa shape index (κ2) is 5.14. The number of ether oxygens (including phenoxy) is 1. The van der Waals surface area contributed by atoms with E-state index in [0.717, 1.165) is 0 Å². The topological polar surface area (TPSA) is 81.5 Å². The first-order valence-corrected chi connectivity index (χ1v) is 6.19. The van der Waals surface area contributed by atoms with Crippen LogP contribution in [0.25, 0.3) is 0 Å². The Morgan fingerprint density at radius 1 is 1.58 bits per heavy atom. The Kier molecular flexibility index (Phi) is 3.73. The second-order valence-electron chi connectivity index (χ2n) is 4.50. The first-order valence-electron chi connectivity index (χ1n) is 5.82. The van der Waals surface area contributed by atoms with Gasteiger partial charge in [-0.25, -0.2) is 0 Å². The lowest BCUT2D eigenvalue weighted by atomic mass is 9.82. The van der Waals surface area contributed by atoms with E-state index in [1.54, 1.807) is 0 Å². The average Bonchev–Trinajstić information content (AvgIpc) is 2.31. The molecule has 0 bridgehead atoms. The van der Waals surface area contributed by atoms with Gasteiger partial charge >= 0.3 is 0 Å². The van der Waals surface area contributed by atoms with Gasteiger partial charge in [-0.2, -0.15) is 0 Å². The van der Waals surface area contributed by atoms with Crippen LogP contribution in [0, 0.1) is 15.5 Å². The molecule has 6 nitrogen and oxygen atoms in total. The molecule has 0 atom stereocenters. The lowest BCUT2D eigenvalue weighted by Crippen LogP contribution is -2.51. The van der Waals surface area contributed by atoms with Gasteiger partial charge in [0.25, 0.3) is 5.69 Å². The molecule has 1 aliphatic rings. The van der Waals surface area contributed by atoms with Crippen LogP contribution >= 0.6 is 11.6 Å². The van der Waals surface area contributed by atoms with Gasteiger partial charge in [0.15, 0.2) is 0 Å². The van der Waals surface area contributed by atoms with Crippen molar-refractivity contribution in [2.75, 3.05) is 18.5 Å². The average molecular weight is 285 g/mol. The van der Waals surface area contributed by atoms with Crippen molar-refractivity contribution in [3.8, 4) is 0 Å². The molecule has 1 amide bonds. The van der Waals surface area contributed by atoms with Crippen LogP contribution in [-0.4, -0.2) is 24.0 Å². The van der Waals surface area contributed by atoms with Crippen molar-refractivity contribution in [1.29, 1.82) is 0 Å². The minimum absolute atomic E-state index is 0.116. The van der Waals surface area contributed by atoms with Crippen LogP contribution < -0.4 is 5.32 Å². The molecular weight excluding hydrogens is 272 g/mol. The molecule has 0 aromatic heterocycles. The summed E-state index contributed by atoms with van der Waals surface area (Å²) < 4.78 is 5.08. The fraction of sp³-hybridized carbons (Fsp3) is 0.417. The number of nitrogens with zero attached hydrogens (tertiary/aromatic N) is 1. The summed E-state index contributed by atoms with van der Waals surface area (Å²) in [4.78, 5) is 22.3. The third-order valence-electron chi connectivity index (χ3n) is 3.32. The highest BCUT2D eigenvalue weighted by Crippen LogP contribution is 2.34. The van der Waals surface area contributed by atoms with Crippen molar-refractivity contribution in [2.45, 2.75) is 13.3 Å². The predicted molar refractivity (Wildman–Crippen MR) is 70.3 cm³/mol. The van der Waals surface area contributed by atoms with E-state index < -0.39 is 10.3 Å². The van der Waals surface area contributed by atoms with E-state index in [2.05, 4.69) is 5.32 Å². The van der Waals surface area contributed by atoms with Gasteiger partial charge in [0, 0.05) is 12.1 Å². The minimum atomic E-state index is -0.548. The molecule has 102 valence electrons. The molecule has 1 heterocycles. The number of carbonyl (C=O) groups is 1. The SMILES string of the molecule is CCC1(C(=O)Nc2cc([N+](=O)[O-])ccc2Cl)COC1. The van der Waals surface area contributed by atoms with Crippen LogP contribution in [0.5, 0.6) is 0 Å². The number of benzene rings is 1. The number of anilines is 1. The predicted octanol–water partition coefficient (Wildman–Crippen LogP) is 2.61. The van der Waals surface area contributed by atoms with Crippen LogP contribution in [0.4, 0.5) is 11.4 Å². The maximum atomic E-state index is 12.2. The summed E-state index contributed by atoms with van der Waals surface area (Å²) in [5.41, 5.74) is -0.413. The van der Waals surface area contributed by atoms with Crippen molar-refractivity contribution in [2.24, 2.45) is 5.41 Å². The Hall–Kier alpha value is -1.66. The Morgan fingerprint density at radius 2 is 2.26 bits per heavy atom. The summed E-state index contributed by atoms with van der Waals surface area (Å²) in [7, 11) is 0. The van der Waals surface area contributed by atoms with Crippen LogP contribution in [0.3, 0.4) is 0 Å². The van der Waals surface area contributed by atoms with Crippen LogP contribution in [-0.2, 0) is 9.53 Å². The second-order valence-corrected chi connectivity index (χ2v) is 4.91. The maximum absolute atomic E-state index is 12.2. The summed E-state index contributed by atoms with van der Waals surface area (Å²) in [5.74, 6) is -0.219. The largest absolute Gasteiger partial charge is 0.379 e. The Labute approximate surface area is 114 Å². The number of carbonyl (C=O) groups excluding carboxylic acids is 1. The highest BCUT2D eigenvalue weighted by molar-refractivity contribution is 6.33. The number of rotatable bonds is 4. The summed E-state index contributed by atoms with van der Waals surface area (Å²) in [6, 6.07) is 3.94. The van der Waals surface area contributed by atoms with Gasteiger partial charge in [0.2, 0.25) is 5.91 Å². The maximum Gasteiger partial charge on any atom is 0.271 e. The van der Waals surface area contributed by atoms with Crippen molar-refractivity contribution < 1.29 is 14.5 Å². The van der Waals surface area contributed by atoms with E-state index in [1.807, 2.05) is 6.92 Å². The standard InChI is InChI=1S/C12H13ClN2O4/c1-2-12(6-19-7-12)11(16)14-10-5-8(15(17)18)3-4-9(10)13/h3-5H,2,6-7H2,1H3,(H,14,16). The van der Waals surface area contributed by atoms with Crippen molar-refractivity contribution >= 4 is 28.9 Å². The number of nitro groups is 1. The van der Waals surface area contributed by atoms with Gasteiger partial charge in [-0.15, -0.1) is 0 Å². The molecule has 1 N–H and O–H groups in total. The van der Waals surface area contributed by atoms with Crippen LogP contribution in [0.15, 0.2) is 18.2 Å². The van der Waals surface area contributed by atoms with Gasteiger partial charge < -0.3 is 10.1 Å². The van der Waals surface area contributed by atoms with Crippen molar-refractivity contribution in [3.63, 3.8) is 0 Å². The Bertz CT molecular complexity index is 523. The fourth-order valence-electron chi connectivity index (χ4n) is 1.82. The van der Waals surface area contributed by atoms with E-state index >= 15 is 0 Å². The van der Waals surface area contributed by atoms with Crippen molar-refractivity contribution in [3.05, 3.63) is 33.3 Å². The number of amides is 1. The van der Waals surface area contributed by atoms with E-state index in [9.17, 15) is 14.9 Å². The van der Waals surface area contributed by atoms with E-state index in [-0.39, 0.29) is 22.3 Å². The highest BCUT2D eigenvalue weighted by Gasteiger charge is 2.44. The van der Waals surface area contributed by atoms with Gasteiger partial charge in [-0.1, -0.05) is 18.5 Å². The van der Waals surface area contributed by atoms with E-state index in [0.29, 0.717) is 19.6 Å². The number of hydrogen-bond donors (Lipinski definition) is 1. The smallest absolute Gasteiger partial charge is 0.271 e. The molecule has 0 spiro atoms. The van der Waals surface area contributed by atoms with Crippen LogP contribution in [0.2, 0.25) is 5.02 Å². The molecule has 1 saturated heterocycles. The minimum Gasteiger partial charge on any atom is -0.379 e. The zero-order valence-electron chi connectivity index (χ0n) is 10.3. The quantitative estimate of drug-likeness (QED) is 0.680. The molecule has 19 heavy (non-hydrogen) atoms. The van der Waals surface area contributed by atoms with Gasteiger partial charge in [-0.3, -0.25) is 14.9 Å². The zero-order valence-corrected chi connectivity index (χ0v) is 11.1. The Morgan fingerprint density at radius 3 is 2.74 bits per heavy atom. The molecule has 0 radical (unpaired) electrons. The fourth-order valence-corrected chi connectivity index (χ4v) is 1.99. The third-order valence-corrected chi connectivity index (χ3v) is 3.65. The summed E-state index contributed by atoms with van der Waals surface area (Å²) in [6.07, 6.45) is 0.644. The first kappa shape index (κ1) is 13.8. The molecule has 0 saturated carbocycles. The number of nitro benzene ring substituents is 1. The first-order chi connectivity index (χ1) is 8.98. The molecule has 0 aliphatic carbocycles. The van der Waals surface area contributed by atoms with E-state index in [4.69, 9.17) is 16.3 Å². The van der Waals surface area contributed by atoms with Gasteiger partial charge in [-0.05, 0) is 12.5 Å². The molecule has 0 unspecified atom stereocenters. The molecule has 7 heteroatoms. The Balaban J connectivity index is 2.21. The summed E-state index contributed by atoms with van der Waals surface area (Å²) in [6.45, 7) is 2.63. The van der Waals surface area contributed by atoms with Gasteiger partial charge in [0.1, 0.15) is 0 Å². The summed E-state index contributed by atoms with van der Waals surface area (Å²) >= 11 is 5.93. The lowest BCUT2D eigenvalue weighted by molar-refractivity contribution is -0.384. The van der Waals surface area contributed by atoms with Crippen LogP contribution in [0.1, 0.15) is 13.3 Å². The number of nitrogens with one attached hydrogen (secondary N) is 1. The molecular formula is C12H13ClN2O4. The number of non-ortho nitro benzene ring substituents is 1. The molecule has 1 aliphatic heterocycles. The highest BCUT2D eigenvalue weighted by atomic mass is 35.5. The van der Waals surface area contributed by atoms with Gasteiger partial charge in [0.05, 0.1) is 34.3 Å². The molecule has 1 fully saturated rings. The molecule has 1 aromatic rings. The third kappa shape index (κ3) is 2.54. The summed E-state index contributed by atoms with van der Waals surface area (Å²) in [5, 5.41) is 13.6. The monoisotopic (exact) mass is 284 g/mol. The van der Waals surface area contributed by atoms with Crippen molar-refractivity contribution in [1.82, 2.24) is 0 Å². The van der Waals surface area contributed by atoms with E-state index in [1.165, 1.54) is 18.2 Å². The molecule has 1 aromatic carbocycles. The number of hydrogen-bond acceptors (Lipinski definition) is 4. The lowest BCUT2D eigenvalue weighted by Gasteiger charge is -2.39. The normalized spacial score (nSPS) is 16.5. The number of halogens is 1.